The predicted octanol–water partition coefficient (Wildman–Crippen LogP) is 0.689. The number of hydrogen-bond donors (Lipinski definition) is 2. The maximum absolute atomic E-state index is 11.8. The number of methoxy groups -OCH3 is 1. The summed E-state index contributed by atoms with van der Waals surface area (Å²) in [5, 5.41) is 2.53. The van der Waals surface area contributed by atoms with Crippen molar-refractivity contribution in [1.82, 2.24) is 5.32 Å². The van der Waals surface area contributed by atoms with E-state index in [1.54, 1.807) is 6.07 Å². The zero-order chi connectivity index (χ0) is 15.8. The van der Waals surface area contributed by atoms with Crippen LogP contribution in [0.2, 0.25) is 0 Å². The number of carbonyl (C=O) groups is 2. The first-order chi connectivity index (χ1) is 9.93. The van der Waals surface area contributed by atoms with Gasteiger partial charge in [-0.2, -0.15) is 0 Å². The molecule has 0 spiro atoms. The Balaban J connectivity index is 2.48. The number of nitrogens with two attached hydrogens (primary N) is 1. The number of rotatable bonds is 8. The lowest BCUT2D eigenvalue weighted by Gasteiger charge is -2.15. The van der Waals surface area contributed by atoms with E-state index in [0.29, 0.717) is 18.8 Å². The highest BCUT2D eigenvalue weighted by Gasteiger charge is 2.17. The van der Waals surface area contributed by atoms with Gasteiger partial charge in [0.1, 0.15) is 11.8 Å². The Hall–Kier alpha value is -2.08. The molecule has 0 aliphatic heterocycles. The van der Waals surface area contributed by atoms with Crippen molar-refractivity contribution in [2.45, 2.75) is 26.3 Å². The summed E-state index contributed by atoms with van der Waals surface area (Å²) < 4.78 is 10.3. The van der Waals surface area contributed by atoms with Gasteiger partial charge >= 0.3 is 0 Å². The summed E-state index contributed by atoms with van der Waals surface area (Å²) >= 11 is 0. The van der Waals surface area contributed by atoms with Crippen LogP contribution in [0.25, 0.3) is 0 Å². The van der Waals surface area contributed by atoms with Gasteiger partial charge in [-0.1, -0.05) is 6.07 Å². The maximum Gasteiger partial charge on any atom is 0.258 e. The molecule has 0 aliphatic carbocycles. The number of aryl methyl sites for hydroxylation is 2. The Kier molecular flexibility index (Phi) is 6.68. The van der Waals surface area contributed by atoms with Crippen LogP contribution < -0.4 is 15.8 Å². The lowest BCUT2D eigenvalue weighted by Crippen LogP contribution is -2.46. The van der Waals surface area contributed by atoms with Crippen molar-refractivity contribution < 1.29 is 19.1 Å². The third kappa shape index (κ3) is 5.83. The number of amides is 2. The Morgan fingerprint density at radius 3 is 2.57 bits per heavy atom. The summed E-state index contributed by atoms with van der Waals surface area (Å²) in [4.78, 5) is 23.0. The molecule has 0 saturated heterocycles. The van der Waals surface area contributed by atoms with Crippen LogP contribution in [0.1, 0.15) is 17.5 Å². The minimum absolute atomic E-state index is 0.167. The average molecular weight is 294 g/mol. The number of ether oxygens (including phenoxy) is 2. The molecule has 6 nitrogen and oxygen atoms in total. The lowest BCUT2D eigenvalue weighted by atomic mass is 10.1. The van der Waals surface area contributed by atoms with Crippen LogP contribution in [0, 0.1) is 13.8 Å². The first-order valence-corrected chi connectivity index (χ1v) is 6.71. The highest BCUT2D eigenvalue weighted by Crippen LogP contribution is 2.16. The standard InChI is InChI=1S/C15H22N2O4/c1-10-4-5-12(8-11(10)2)21-9-14(18)17-13(15(16)19)6-7-20-3/h4-5,8,13H,6-7,9H2,1-3H3,(H2,16,19)(H,17,18)/t13-/m0/s1. The molecular formula is C15H22N2O4. The van der Waals surface area contributed by atoms with Crippen LogP contribution in [-0.4, -0.2) is 38.2 Å². The lowest BCUT2D eigenvalue weighted by molar-refractivity contribution is -0.128. The molecule has 1 rings (SSSR count). The predicted molar refractivity (Wildman–Crippen MR) is 79.0 cm³/mol. The SMILES string of the molecule is COCC[C@H](NC(=O)COc1ccc(C)c(C)c1)C(N)=O. The van der Waals surface area contributed by atoms with Crippen LogP contribution in [0.15, 0.2) is 18.2 Å². The van der Waals surface area contributed by atoms with E-state index in [0.717, 1.165) is 11.1 Å². The molecule has 6 heteroatoms. The minimum atomic E-state index is -0.749. The van der Waals surface area contributed by atoms with Crippen LogP contribution in [0.5, 0.6) is 5.75 Å². The zero-order valence-corrected chi connectivity index (χ0v) is 12.6. The molecule has 21 heavy (non-hydrogen) atoms. The Morgan fingerprint density at radius 2 is 2.00 bits per heavy atom. The number of carbonyl (C=O) groups excluding carboxylic acids is 2. The maximum atomic E-state index is 11.8. The molecule has 0 heterocycles. The molecule has 116 valence electrons. The minimum Gasteiger partial charge on any atom is -0.484 e. The molecule has 1 atom stereocenters. The third-order valence-electron chi connectivity index (χ3n) is 3.14. The van der Waals surface area contributed by atoms with Gasteiger partial charge in [-0.05, 0) is 43.5 Å². The second kappa shape index (κ2) is 8.26. The molecule has 0 aliphatic rings. The molecule has 0 bridgehead atoms. The van der Waals surface area contributed by atoms with E-state index in [4.69, 9.17) is 15.2 Å². The number of nitrogens with one attached hydrogen (secondary N) is 1. The van der Waals surface area contributed by atoms with Gasteiger partial charge < -0.3 is 20.5 Å². The molecule has 3 N–H and O–H groups in total. The Bertz CT molecular complexity index is 502. The first-order valence-electron chi connectivity index (χ1n) is 6.71. The second-order valence-electron chi connectivity index (χ2n) is 4.84. The highest BCUT2D eigenvalue weighted by molar-refractivity contribution is 5.87. The first kappa shape index (κ1) is 17.0. The van der Waals surface area contributed by atoms with Crippen molar-refractivity contribution in [2.24, 2.45) is 5.73 Å². The van der Waals surface area contributed by atoms with Crippen LogP contribution in [0.3, 0.4) is 0 Å². The molecule has 1 aromatic rings. The molecule has 2 amide bonds. The van der Waals surface area contributed by atoms with Crippen molar-refractivity contribution in [1.29, 1.82) is 0 Å². The average Bonchev–Trinajstić information content (AvgIpc) is 2.44. The molecule has 0 saturated carbocycles. The van der Waals surface area contributed by atoms with Gasteiger partial charge in [0.2, 0.25) is 5.91 Å². The smallest absolute Gasteiger partial charge is 0.258 e. The second-order valence-corrected chi connectivity index (χ2v) is 4.84. The quantitative estimate of drug-likeness (QED) is 0.738. The van der Waals surface area contributed by atoms with Crippen LogP contribution in [-0.2, 0) is 14.3 Å². The summed E-state index contributed by atoms with van der Waals surface area (Å²) in [6, 6.07) is 4.83. The summed E-state index contributed by atoms with van der Waals surface area (Å²) in [7, 11) is 1.52. The van der Waals surface area contributed by atoms with Gasteiger partial charge in [0.25, 0.3) is 5.91 Å². The van der Waals surface area contributed by atoms with E-state index in [1.807, 2.05) is 26.0 Å². The van der Waals surface area contributed by atoms with Crippen molar-refractivity contribution in [3.63, 3.8) is 0 Å². The monoisotopic (exact) mass is 294 g/mol. The van der Waals surface area contributed by atoms with Gasteiger partial charge in [0, 0.05) is 13.7 Å². The molecule has 1 aromatic carbocycles. The topological polar surface area (TPSA) is 90.7 Å². The van der Waals surface area contributed by atoms with Crippen molar-refractivity contribution in [3.05, 3.63) is 29.3 Å². The van der Waals surface area contributed by atoms with Crippen molar-refractivity contribution in [2.75, 3.05) is 20.3 Å². The number of benzene rings is 1. The van der Waals surface area contributed by atoms with E-state index < -0.39 is 17.9 Å². The Morgan fingerprint density at radius 1 is 1.29 bits per heavy atom. The summed E-state index contributed by atoms with van der Waals surface area (Å²) in [6.07, 6.45) is 0.335. The molecule has 0 unspecified atom stereocenters. The third-order valence-corrected chi connectivity index (χ3v) is 3.14. The van der Waals surface area contributed by atoms with Gasteiger partial charge in [-0.15, -0.1) is 0 Å². The number of primary amides is 1. The fourth-order valence-electron chi connectivity index (χ4n) is 1.71. The van der Waals surface area contributed by atoms with Gasteiger partial charge in [-0.25, -0.2) is 0 Å². The molecule has 0 fully saturated rings. The fraction of sp³-hybridized carbons (Fsp3) is 0.467. The summed E-state index contributed by atoms with van der Waals surface area (Å²) in [5.41, 5.74) is 7.46. The highest BCUT2D eigenvalue weighted by atomic mass is 16.5. The largest absolute Gasteiger partial charge is 0.484 e. The van der Waals surface area contributed by atoms with E-state index >= 15 is 0 Å². The Labute approximate surface area is 124 Å². The molecular weight excluding hydrogens is 272 g/mol. The summed E-state index contributed by atoms with van der Waals surface area (Å²) in [6.45, 7) is 4.14. The normalized spacial score (nSPS) is 11.8. The van der Waals surface area contributed by atoms with E-state index in [1.165, 1.54) is 7.11 Å². The van der Waals surface area contributed by atoms with Gasteiger partial charge in [0.15, 0.2) is 6.61 Å². The number of hydrogen-bond acceptors (Lipinski definition) is 4. The van der Waals surface area contributed by atoms with Crippen molar-refractivity contribution in [3.8, 4) is 5.75 Å². The van der Waals surface area contributed by atoms with E-state index in [9.17, 15) is 9.59 Å². The van der Waals surface area contributed by atoms with E-state index in [2.05, 4.69) is 5.32 Å². The van der Waals surface area contributed by atoms with Crippen molar-refractivity contribution >= 4 is 11.8 Å². The van der Waals surface area contributed by atoms with Gasteiger partial charge in [0.05, 0.1) is 0 Å². The van der Waals surface area contributed by atoms with Crippen LogP contribution in [0.4, 0.5) is 0 Å². The molecule has 0 radical (unpaired) electrons. The van der Waals surface area contributed by atoms with Crippen LogP contribution >= 0.6 is 0 Å². The van der Waals surface area contributed by atoms with Gasteiger partial charge in [-0.3, -0.25) is 9.59 Å². The van der Waals surface area contributed by atoms with E-state index in [-0.39, 0.29) is 6.61 Å². The summed E-state index contributed by atoms with van der Waals surface area (Å²) in [5.74, 6) is -0.375. The fourth-order valence-corrected chi connectivity index (χ4v) is 1.71. The zero-order valence-electron chi connectivity index (χ0n) is 12.6. The molecule has 0 aromatic heterocycles.